The molecular formula is C12H10FNO2. The van der Waals surface area contributed by atoms with Crippen LogP contribution in [0.4, 0.5) is 4.39 Å². The van der Waals surface area contributed by atoms with E-state index in [9.17, 15) is 9.18 Å². The van der Waals surface area contributed by atoms with E-state index in [-0.39, 0.29) is 12.0 Å². The van der Waals surface area contributed by atoms with Crippen LogP contribution in [0.3, 0.4) is 0 Å². The molecule has 1 aliphatic rings. The number of ether oxygens (including phenoxy) is 1. The summed E-state index contributed by atoms with van der Waals surface area (Å²) in [5.74, 6) is -0.538. The van der Waals surface area contributed by atoms with Gasteiger partial charge in [0.2, 0.25) is 0 Å². The van der Waals surface area contributed by atoms with Crippen molar-refractivity contribution in [3.63, 3.8) is 0 Å². The Morgan fingerprint density at radius 3 is 2.75 bits per heavy atom. The zero-order chi connectivity index (χ0) is 11.8. The zero-order valence-electron chi connectivity index (χ0n) is 8.74. The van der Waals surface area contributed by atoms with Crippen molar-refractivity contribution < 1.29 is 13.9 Å². The molecule has 0 spiro atoms. The molecule has 0 saturated heterocycles. The molecule has 0 heterocycles. The molecule has 0 N–H and O–H groups in total. The van der Waals surface area contributed by atoms with Crippen LogP contribution in [0.1, 0.15) is 22.3 Å². The predicted molar refractivity (Wildman–Crippen MR) is 54.6 cm³/mol. The molecule has 0 aromatic heterocycles. The van der Waals surface area contributed by atoms with E-state index in [4.69, 9.17) is 5.26 Å². The van der Waals surface area contributed by atoms with E-state index in [0.717, 1.165) is 0 Å². The molecule has 1 fully saturated rings. The molecule has 0 radical (unpaired) electrons. The molecule has 1 saturated carbocycles. The Balaban J connectivity index is 2.50. The molecule has 82 valence electrons. The third kappa shape index (κ3) is 1.36. The lowest BCUT2D eigenvalue weighted by Crippen LogP contribution is -2.15. The van der Waals surface area contributed by atoms with Crippen LogP contribution in [-0.2, 0) is 10.2 Å². The van der Waals surface area contributed by atoms with Crippen LogP contribution in [0.15, 0.2) is 24.3 Å². The van der Waals surface area contributed by atoms with Crippen molar-refractivity contribution in [3.05, 3.63) is 35.4 Å². The highest BCUT2D eigenvalue weighted by Gasteiger charge is 2.58. The molecule has 3 nitrogen and oxygen atoms in total. The highest BCUT2D eigenvalue weighted by atomic mass is 19.1. The summed E-state index contributed by atoms with van der Waals surface area (Å²) < 4.78 is 17.9. The Morgan fingerprint density at radius 1 is 1.62 bits per heavy atom. The number of hydrogen-bond acceptors (Lipinski definition) is 3. The van der Waals surface area contributed by atoms with Gasteiger partial charge in [0.1, 0.15) is 11.6 Å². The standard InChI is InChI=1S/C12H10FNO2/c1-16-11(15)8-4-2-3-5-9(8)12(7-14)6-10(12)13/h2-5,10H,6H2,1H3/t10-,12+/m0/s1. The van der Waals surface area contributed by atoms with Gasteiger partial charge in [-0.3, -0.25) is 0 Å². The number of rotatable bonds is 2. The maximum atomic E-state index is 13.3. The molecule has 4 heteroatoms. The highest BCUT2D eigenvalue weighted by molar-refractivity contribution is 5.92. The van der Waals surface area contributed by atoms with Gasteiger partial charge in [0.25, 0.3) is 0 Å². The fraction of sp³-hybridized carbons (Fsp3) is 0.333. The van der Waals surface area contributed by atoms with Crippen LogP contribution in [0.5, 0.6) is 0 Å². The van der Waals surface area contributed by atoms with E-state index in [1.54, 1.807) is 24.3 Å². The van der Waals surface area contributed by atoms with E-state index in [1.165, 1.54) is 7.11 Å². The number of alkyl halides is 1. The quantitative estimate of drug-likeness (QED) is 0.714. The Morgan fingerprint density at radius 2 is 2.25 bits per heavy atom. The number of benzene rings is 1. The summed E-state index contributed by atoms with van der Waals surface area (Å²) in [6.45, 7) is 0. The molecular weight excluding hydrogens is 209 g/mol. The maximum absolute atomic E-state index is 13.3. The Kier molecular flexibility index (Phi) is 2.39. The third-order valence-electron chi connectivity index (χ3n) is 2.89. The van der Waals surface area contributed by atoms with Gasteiger partial charge in [-0.2, -0.15) is 5.26 Å². The van der Waals surface area contributed by atoms with Gasteiger partial charge in [0, 0.05) is 6.42 Å². The lowest BCUT2D eigenvalue weighted by Gasteiger charge is -2.11. The van der Waals surface area contributed by atoms with Crippen molar-refractivity contribution >= 4 is 5.97 Å². The first kappa shape index (κ1) is 10.6. The number of nitriles is 1. The van der Waals surface area contributed by atoms with Gasteiger partial charge >= 0.3 is 5.97 Å². The first-order valence-corrected chi connectivity index (χ1v) is 4.89. The third-order valence-corrected chi connectivity index (χ3v) is 2.89. The lowest BCUT2D eigenvalue weighted by atomic mass is 9.92. The Labute approximate surface area is 92.4 Å². The van der Waals surface area contributed by atoms with Crippen LogP contribution in [0, 0.1) is 11.3 Å². The SMILES string of the molecule is COC(=O)c1ccccc1[C@]1(C#N)C[C@@H]1F. The Bertz CT molecular complexity index is 480. The van der Waals surface area contributed by atoms with Gasteiger partial charge in [0.15, 0.2) is 0 Å². The minimum Gasteiger partial charge on any atom is -0.465 e. The van der Waals surface area contributed by atoms with E-state index < -0.39 is 17.6 Å². The van der Waals surface area contributed by atoms with E-state index >= 15 is 0 Å². The minimum absolute atomic E-state index is 0.150. The lowest BCUT2D eigenvalue weighted by molar-refractivity contribution is 0.0599. The fourth-order valence-electron chi connectivity index (χ4n) is 1.84. The van der Waals surface area contributed by atoms with E-state index in [0.29, 0.717) is 5.56 Å². The molecule has 0 amide bonds. The van der Waals surface area contributed by atoms with Gasteiger partial charge in [0.05, 0.1) is 18.7 Å². The molecule has 2 rings (SSSR count). The van der Waals surface area contributed by atoms with Gasteiger partial charge in [-0.1, -0.05) is 18.2 Å². The second-order valence-corrected chi connectivity index (χ2v) is 3.79. The van der Waals surface area contributed by atoms with Gasteiger partial charge < -0.3 is 4.74 Å². The molecule has 0 bridgehead atoms. The normalized spacial score (nSPS) is 26.9. The molecule has 16 heavy (non-hydrogen) atoms. The second kappa shape index (κ2) is 3.60. The summed E-state index contributed by atoms with van der Waals surface area (Å²) in [6, 6.07) is 8.46. The molecule has 0 aliphatic heterocycles. The van der Waals surface area contributed by atoms with Crippen molar-refractivity contribution in [2.24, 2.45) is 0 Å². The molecule has 0 unspecified atom stereocenters. The second-order valence-electron chi connectivity index (χ2n) is 3.79. The smallest absolute Gasteiger partial charge is 0.338 e. The number of methoxy groups -OCH3 is 1. The van der Waals surface area contributed by atoms with Gasteiger partial charge in [-0.15, -0.1) is 0 Å². The van der Waals surface area contributed by atoms with Crippen molar-refractivity contribution in [2.45, 2.75) is 18.0 Å². The van der Waals surface area contributed by atoms with Crippen molar-refractivity contribution in [1.82, 2.24) is 0 Å². The largest absolute Gasteiger partial charge is 0.465 e. The van der Waals surface area contributed by atoms with E-state index in [1.807, 2.05) is 6.07 Å². The van der Waals surface area contributed by atoms with Gasteiger partial charge in [-0.25, -0.2) is 9.18 Å². The molecule has 1 aromatic carbocycles. The van der Waals surface area contributed by atoms with Crippen molar-refractivity contribution in [2.75, 3.05) is 7.11 Å². The average Bonchev–Trinajstić information content (AvgIpc) is 3.00. The van der Waals surface area contributed by atoms with Crippen LogP contribution in [0.2, 0.25) is 0 Å². The van der Waals surface area contributed by atoms with Crippen molar-refractivity contribution in [1.29, 1.82) is 5.26 Å². The topological polar surface area (TPSA) is 50.1 Å². The summed E-state index contributed by atoms with van der Waals surface area (Å²) in [5.41, 5.74) is -0.450. The summed E-state index contributed by atoms with van der Waals surface area (Å²) >= 11 is 0. The first-order chi connectivity index (χ1) is 7.65. The van der Waals surface area contributed by atoms with Crippen molar-refractivity contribution in [3.8, 4) is 6.07 Å². The van der Waals surface area contributed by atoms with E-state index in [2.05, 4.69) is 4.74 Å². The number of nitrogens with zero attached hydrogens (tertiary/aromatic N) is 1. The van der Waals surface area contributed by atoms with Crippen LogP contribution >= 0.6 is 0 Å². The first-order valence-electron chi connectivity index (χ1n) is 4.89. The predicted octanol–water partition coefficient (Wildman–Crippen LogP) is 1.98. The summed E-state index contributed by atoms with van der Waals surface area (Å²) in [4.78, 5) is 11.5. The molecule has 1 aliphatic carbocycles. The van der Waals surface area contributed by atoms with Gasteiger partial charge in [-0.05, 0) is 11.6 Å². The minimum atomic E-state index is -1.19. The number of esters is 1. The van der Waals surface area contributed by atoms with Crippen LogP contribution in [-0.4, -0.2) is 19.3 Å². The van der Waals surface area contributed by atoms with Crippen LogP contribution < -0.4 is 0 Å². The summed E-state index contributed by atoms with van der Waals surface area (Å²) in [5, 5.41) is 9.02. The number of carbonyl (C=O) groups excluding carboxylic acids is 1. The molecule has 2 atom stereocenters. The average molecular weight is 219 g/mol. The monoisotopic (exact) mass is 219 g/mol. The zero-order valence-corrected chi connectivity index (χ0v) is 8.74. The fourth-order valence-corrected chi connectivity index (χ4v) is 1.84. The number of hydrogen-bond donors (Lipinski definition) is 0. The summed E-state index contributed by atoms with van der Waals surface area (Å²) in [7, 11) is 1.26. The number of halogens is 1. The highest BCUT2D eigenvalue weighted by Crippen LogP contribution is 2.51. The maximum Gasteiger partial charge on any atom is 0.338 e. The molecule has 1 aromatic rings. The summed E-state index contributed by atoms with van der Waals surface area (Å²) in [6.07, 6.45) is -1.04. The Hall–Kier alpha value is -1.89. The number of carbonyl (C=O) groups is 1. The van der Waals surface area contributed by atoms with Crippen LogP contribution in [0.25, 0.3) is 0 Å².